The van der Waals surface area contributed by atoms with Crippen LogP contribution in [0, 0.1) is 0 Å². The van der Waals surface area contributed by atoms with Crippen molar-refractivity contribution < 1.29 is 9.63 Å². The van der Waals surface area contributed by atoms with Gasteiger partial charge in [-0.3, -0.25) is 4.90 Å². The molecule has 132 valence electrons. The van der Waals surface area contributed by atoms with Crippen molar-refractivity contribution in [1.29, 1.82) is 0 Å². The summed E-state index contributed by atoms with van der Waals surface area (Å²) in [4.78, 5) is 8.26. The Morgan fingerprint density at radius 2 is 2.21 bits per heavy atom. The van der Waals surface area contributed by atoms with Crippen molar-refractivity contribution >= 4 is 5.95 Å². The average molecular weight is 335 g/mol. The Balaban J connectivity index is 1.70. The predicted octanol–water partition coefficient (Wildman–Crippen LogP) is 0.792. The van der Waals surface area contributed by atoms with Gasteiger partial charge in [0.2, 0.25) is 5.89 Å². The number of hydrogen-bond donors (Lipinski definition) is 1. The zero-order chi connectivity index (χ0) is 17.3. The molecule has 0 saturated carbocycles. The highest BCUT2D eigenvalue weighted by atomic mass is 16.5. The van der Waals surface area contributed by atoms with E-state index in [9.17, 15) is 5.11 Å². The lowest BCUT2D eigenvalue weighted by molar-refractivity contribution is -0.0436. The number of β-amino-alcohol motifs (C(OH)–C–C–N with tert-alkyl or cyclic N) is 1. The Labute approximate surface area is 141 Å². The number of likely N-dealkylation sites (tertiary alicyclic amines) is 1. The van der Waals surface area contributed by atoms with Crippen molar-refractivity contribution in [2.24, 2.45) is 0 Å². The molecule has 0 bridgehead atoms. The van der Waals surface area contributed by atoms with Crippen molar-refractivity contribution in [3.8, 4) is 0 Å². The Bertz CT molecular complexity index is 681. The Kier molecular flexibility index (Phi) is 4.55. The highest BCUT2D eigenvalue weighted by molar-refractivity contribution is 5.23. The van der Waals surface area contributed by atoms with E-state index in [0.29, 0.717) is 37.0 Å². The minimum Gasteiger partial charge on any atom is -0.382 e. The van der Waals surface area contributed by atoms with Crippen LogP contribution in [0.3, 0.4) is 0 Å². The van der Waals surface area contributed by atoms with Crippen LogP contribution in [0.2, 0.25) is 0 Å². The molecule has 0 amide bonds. The fraction of sp³-hybridized carbons (Fsp3) is 0.733. The summed E-state index contributed by atoms with van der Waals surface area (Å²) < 4.78 is 7.05. The normalized spacial score (nSPS) is 22.2. The van der Waals surface area contributed by atoms with Gasteiger partial charge in [0.05, 0.1) is 12.7 Å². The zero-order valence-electron chi connectivity index (χ0n) is 14.7. The fourth-order valence-electron chi connectivity index (χ4n) is 2.89. The van der Waals surface area contributed by atoms with Gasteiger partial charge >= 0.3 is 0 Å². The quantitative estimate of drug-likeness (QED) is 0.857. The summed E-state index contributed by atoms with van der Waals surface area (Å²) in [5.74, 6) is 1.10. The van der Waals surface area contributed by atoms with E-state index in [1.54, 1.807) is 9.58 Å². The van der Waals surface area contributed by atoms with E-state index in [-0.39, 0.29) is 6.04 Å². The van der Waals surface area contributed by atoms with Crippen LogP contribution in [0.15, 0.2) is 10.7 Å². The zero-order valence-corrected chi connectivity index (χ0v) is 14.7. The van der Waals surface area contributed by atoms with Gasteiger partial charge in [-0.25, -0.2) is 4.68 Å². The summed E-state index contributed by atoms with van der Waals surface area (Å²) in [5.41, 5.74) is -0.365. The smallest absolute Gasteiger partial charge is 0.265 e. The number of anilines is 1. The van der Waals surface area contributed by atoms with Crippen molar-refractivity contribution in [2.75, 3.05) is 32.1 Å². The van der Waals surface area contributed by atoms with Crippen LogP contribution in [0.5, 0.6) is 0 Å². The topological polar surface area (TPSA) is 96.3 Å². The summed E-state index contributed by atoms with van der Waals surface area (Å²) in [6, 6.07) is 0.220. The predicted molar refractivity (Wildman–Crippen MR) is 87.4 cm³/mol. The van der Waals surface area contributed by atoms with Crippen LogP contribution in [0.4, 0.5) is 5.95 Å². The number of aromatic nitrogens is 5. The van der Waals surface area contributed by atoms with E-state index in [0.717, 1.165) is 13.0 Å². The molecular formula is C15H25N7O2. The maximum Gasteiger partial charge on any atom is 0.265 e. The molecule has 1 atom stereocenters. The Morgan fingerprint density at radius 1 is 1.42 bits per heavy atom. The Hall–Kier alpha value is -2.00. The molecule has 0 aromatic carbocycles. The summed E-state index contributed by atoms with van der Waals surface area (Å²) >= 11 is 0. The van der Waals surface area contributed by atoms with Crippen molar-refractivity contribution in [3.63, 3.8) is 0 Å². The maximum absolute atomic E-state index is 11.0. The average Bonchev–Trinajstić information content (AvgIpc) is 3.16. The number of rotatable bonds is 5. The SMILES string of the molecule is CC(C)n1cc(C2(O)CCCN(Cc3nc(N(C)C)no3)C2)nn1. The van der Waals surface area contributed by atoms with Gasteiger partial charge in [0.15, 0.2) is 0 Å². The number of aliphatic hydroxyl groups is 1. The lowest BCUT2D eigenvalue weighted by atomic mass is 9.90. The van der Waals surface area contributed by atoms with Crippen molar-refractivity contribution in [3.05, 3.63) is 17.8 Å². The lowest BCUT2D eigenvalue weighted by Gasteiger charge is -2.37. The first kappa shape index (κ1) is 16.8. The number of hydrogen-bond acceptors (Lipinski definition) is 8. The molecule has 3 rings (SSSR count). The van der Waals surface area contributed by atoms with Gasteiger partial charge < -0.3 is 14.5 Å². The van der Waals surface area contributed by atoms with E-state index >= 15 is 0 Å². The number of piperidine rings is 1. The molecule has 0 aliphatic carbocycles. The molecule has 1 aliphatic heterocycles. The molecule has 2 aromatic heterocycles. The molecule has 0 spiro atoms. The third kappa shape index (κ3) is 3.41. The van der Waals surface area contributed by atoms with Crippen molar-refractivity contribution in [2.45, 2.75) is 44.9 Å². The molecule has 1 N–H and O–H groups in total. The van der Waals surface area contributed by atoms with Gasteiger partial charge in [-0.1, -0.05) is 5.21 Å². The summed E-state index contributed by atoms with van der Waals surface area (Å²) in [6.45, 7) is 5.94. The minimum atomic E-state index is -0.990. The van der Waals surface area contributed by atoms with Gasteiger partial charge in [0.25, 0.3) is 5.95 Å². The molecular weight excluding hydrogens is 310 g/mol. The summed E-state index contributed by atoms with van der Waals surface area (Å²) in [7, 11) is 3.73. The highest BCUT2D eigenvalue weighted by Gasteiger charge is 2.38. The molecule has 1 aliphatic rings. The standard InChI is InChI=1S/C15H25N7O2/c1-11(2)22-8-12(17-19-22)15(23)6-5-7-21(10-15)9-13-16-14(18-24-13)20(3)4/h8,11,23H,5-7,9-10H2,1-4H3. The minimum absolute atomic E-state index is 0.220. The third-order valence-electron chi connectivity index (χ3n) is 4.28. The van der Waals surface area contributed by atoms with Crippen LogP contribution >= 0.6 is 0 Å². The van der Waals surface area contributed by atoms with E-state index in [2.05, 4.69) is 25.4 Å². The van der Waals surface area contributed by atoms with E-state index in [4.69, 9.17) is 4.52 Å². The molecule has 24 heavy (non-hydrogen) atoms. The molecule has 0 radical (unpaired) electrons. The van der Waals surface area contributed by atoms with Gasteiger partial charge in [0.1, 0.15) is 11.3 Å². The monoisotopic (exact) mass is 335 g/mol. The molecule has 2 aromatic rings. The van der Waals surface area contributed by atoms with E-state index in [1.165, 1.54) is 0 Å². The third-order valence-corrected chi connectivity index (χ3v) is 4.28. The fourth-order valence-corrected chi connectivity index (χ4v) is 2.89. The maximum atomic E-state index is 11.0. The molecule has 1 fully saturated rings. The van der Waals surface area contributed by atoms with E-state index in [1.807, 2.05) is 34.1 Å². The van der Waals surface area contributed by atoms with Crippen LogP contribution in [0.25, 0.3) is 0 Å². The molecule has 1 unspecified atom stereocenters. The van der Waals surface area contributed by atoms with Gasteiger partial charge in [-0.15, -0.1) is 5.10 Å². The van der Waals surface area contributed by atoms with Crippen LogP contribution < -0.4 is 4.90 Å². The molecule has 3 heterocycles. The molecule has 9 nitrogen and oxygen atoms in total. The lowest BCUT2D eigenvalue weighted by Crippen LogP contribution is -2.46. The highest BCUT2D eigenvalue weighted by Crippen LogP contribution is 2.31. The first-order valence-electron chi connectivity index (χ1n) is 8.24. The molecule has 9 heteroatoms. The largest absolute Gasteiger partial charge is 0.382 e. The molecule has 1 saturated heterocycles. The van der Waals surface area contributed by atoms with Gasteiger partial charge in [-0.2, -0.15) is 4.98 Å². The van der Waals surface area contributed by atoms with Gasteiger partial charge in [0, 0.05) is 26.7 Å². The summed E-state index contributed by atoms with van der Waals surface area (Å²) in [5, 5.41) is 23.3. The number of nitrogens with zero attached hydrogens (tertiary/aromatic N) is 7. The van der Waals surface area contributed by atoms with E-state index < -0.39 is 5.60 Å². The second kappa shape index (κ2) is 6.48. The van der Waals surface area contributed by atoms with Crippen LogP contribution in [0.1, 0.15) is 44.3 Å². The van der Waals surface area contributed by atoms with Gasteiger partial charge in [-0.05, 0) is 38.4 Å². The first-order chi connectivity index (χ1) is 11.4. The first-order valence-corrected chi connectivity index (χ1v) is 8.24. The van der Waals surface area contributed by atoms with Crippen LogP contribution in [-0.2, 0) is 12.1 Å². The second-order valence-corrected chi connectivity index (χ2v) is 6.91. The summed E-state index contributed by atoms with van der Waals surface area (Å²) in [6.07, 6.45) is 3.39. The van der Waals surface area contributed by atoms with Crippen molar-refractivity contribution in [1.82, 2.24) is 30.0 Å². The Morgan fingerprint density at radius 3 is 2.83 bits per heavy atom. The second-order valence-electron chi connectivity index (χ2n) is 6.91. The van der Waals surface area contributed by atoms with Crippen LogP contribution in [-0.4, -0.2) is 62.3 Å².